The Balaban J connectivity index is 2.15. The number of benzene rings is 1. The Labute approximate surface area is 111 Å². The van der Waals surface area contributed by atoms with Crippen molar-refractivity contribution in [1.29, 1.82) is 0 Å². The van der Waals surface area contributed by atoms with Crippen LogP contribution < -0.4 is 5.73 Å². The highest BCUT2D eigenvalue weighted by atomic mass is 15.2. The number of hydrogen-bond donors (Lipinski definition) is 1. The molecule has 1 unspecified atom stereocenters. The van der Waals surface area contributed by atoms with Gasteiger partial charge in [-0.1, -0.05) is 31.0 Å². The Morgan fingerprint density at radius 2 is 1.89 bits per heavy atom. The molecule has 1 atom stereocenters. The third-order valence-electron chi connectivity index (χ3n) is 4.28. The molecule has 1 saturated heterocycles. The zero-order valence-electron chi connectivity index (χ0n) is 11.8. The fourth-order valence-corrected chi connectivity index (χ4v) is 3.01. The highest BCUT2D eigenvalue weighted by molar-refractivity contribution is 5.33. The van der Waals surface area contributed by atoms with Gasteiger partial charge in [0.25, 0.3) is 0 Å². The van der Waals surface area contributed by atoms with Crippen LogP contribution in [0.25, 0.3) is 0 Å². The minimum absolute atomic E-state index is 0.575. The summed E-state index contributed by atoms with van der Waals surface area (Å²) in [7, 11) is 0. The van der Waals surface area contributed by atoms with Gasteiger partial charge in [-0.3, -0.25) is 4.90 Å². The van der Waals surface area contributed by atoms with E-state index in [-0.39, 0.29) is 0 Å². The average molecular weight is 246 g/mol. The summed E-state index contributed by atoms with van der Waals surface area (Å²) >= 11 is 0. The van der Waals surface area contributed by atoms with Crippen LogP contribution in [0, 0.1) is 13.8 Å². The minimum atomic E-state index is 0.575. The summed E-state index contributed by atoms with van der Waals surface area (Å²) in [6, 6.07) is 7.16. The maximum atomic E-state index is 5.95. The number of aryl methyl sites for hydroxylation is 2. The third kappa shape index (κ3) is 3.12. The number of hydrogen-bond acceptors (Lipinski definition) is 2. The van der Waals surface area contributed by atoms with Gasteiger partial charge in [0.1, 0.15) is 0 Å². The highest BCUT2D eigenvalue weighted by Gasteiger charge is 2.20. The van der Waals surface area contributed by atoms with Gasteiger partial charge in [0, 0.05) is 19.1 Å². The Morgan fingerprint density at radius 1 is 1.17 bits per heavy atom. The molecule has 2 N–H and O–H groups in total. The van der Waals surface area contributed by atoms with Crippen molar-refractivity contribution in [3.63, 3.8) is 0 Å². The standard InChI is InChI=1S/C16H26N2/c1-13-7-6-8-14(2)16(13)12-18-10-5-3-4-9-15(18)11-17/h6-8,15H,3-5,9-12,17H2,1-2H3. The lowest BCUT2D eigenvalue weighted by Gasteiger charge is -2.30. The summed E-state index contributed by atoms with van der Waals surface area (Å²) in [5.74, 6) is 0. The van der Waals surface area contributed by atoms with Gasteiger partial charge in [-0.25, -0.2) is 0 Å². The Bertz CT molecular complexity index is 366. The molecular formula is C16H26N2. The molecule has 0 radical (unpaired) electrons. The van der Waals surface area contributed by atoms with E-state index in [4.69, 9.17) is 5.73 Å². The zero-order valence-corrected chi connectivity index (χ0v) is 11.8. The van der Waals surface area contributed by atoms with E-state index in [1.54, 1.807) is 0 Å². The third-order valence-corrected chi connectivity index (χ3v) is 4.28. The molecule has 2 rings (SSSR count). The van der Waals surface area contributed by atoms with Crippen molar-refractivity contribution in [2.75, 3.05) is 13.1 Å². The second-order valence-electron chi connectivity index (χ2n) is 5.58. The Morgan fingerprint density at radius 3 is 2.56 bits per heavy atom. The summed E-state index contributed by atoms with van der Waals surface area (Å²) < 4.78 is 0. The molecule has 1 aromatic rings. The number of rotatable bonds is 3. The molecule has 2 nitrogen and oxygen atoms in total. The number of nitrogens with two attached hydrogens (primary N) is 1. The van der Waals surface area contributed by atoms with Crippen LogP contribution in [0.15, 0.2) is 18.2 Å². The molecule has 1 heterocycles. The fraction of sp³-hybridized carbons (Fsp3) is 0.625. The predicted molar refractivity (Wildman–Crippen MR) is 77.6 cm³/mol. The molecule has 0 saturated carbocycles. The smallest absolute Gasteiger partial charge is 0.0242 e. The van der Waals surface area contributed by atoms with Crippen LogP contribution in [-0.2, 0) is 6.54 Å². The van der Waals surface area contributed by atoms with E-state index in [2.05, 4.69) is 36.9 Å². The Hall–Kier alpha value is -0.860. The molecule has 0 spiro atoms. The molecule has 1 aliphatic heterocycles. The number of likely N-dealkylation sites (tertiary alicyclic amines) is 1. The van der Waals surface area contributed by atoms with Crippen LogP contribution in [0.1, 0.15) is 42.4 Å². The van der Waals surface area contributed by atoms with Crippen molar-refractivity contribution < 1.29 is 0 Å². The SMILES string of the molecule is Cc1cccc(C)c1CN1CCCCCC1CN. The van der Waals surface area contributed by atoms with Crippen LogP contribution in [0.5, 0.6) is 0 Å². The topological polar surface area (TPSA) is 29.3 Å². The van der Waals surface area contributed by atoms with Crippen LogP contribution in [0.4, 0.5) is 0 Å². The van der Waals surface area contributed by atoms with Gasteiger partial charge in [0.15, 0.2) is 0 Å². The first-order valence-corrected chi connectivity index (χ1v) is 7.21. The summed E-state index contributed by atoms with van der Waals surface area (Å²) in [6.45, 7) is 7.51. The van der Waals surface area contributed by atoms with Crippen molar-refractivity contribution >= 4 is 0 Å². The van der Waals surface area contributed by atoms with Crippen LogP contribution in [-0.4, -0.2) is 24.0 Å². The largest absolute Gasteiger partial charge is 0.329 e. The normalized spacial score (nSPS) is 21.8. The minimum Gasteiger partial charge on any atom is -0.329 e. The van der Waals surface area contributed by atoms with Gasteiger partial charge in [0.2, 0.25) is 0 Å². The average Bonchev–Trinajstić information content (AvgIpc) is 2.59. The molecule has 1 aromatic carbocycles. The molecule has 18 heavy (non-hydrogen) atoms. The number of nitrogens with zero attached hydrogens (tertiary/aromatic N) is 1. The molecule has 100 valence electrons. The van der Waals surface area contributed by atoms with E-state index >= 15 is 0 Å². The highest BCUT2D eigenvalue weighted by Crippen LogP contribution is 2.22. The predicted octanol–water partition coefficient (Wildman–Crippen LogP) is 3.01. The van der Waals surface area contributed by atoms with Crippen molar-refractivity contribution in [3.8, 4) is 0 Å². The van der Waals surface area contributed by atoms with Crippen molar-refractivity contribution in [2.24, 2.45) is 5.73 Å². The molecule has 2 heteroatoms. The molecule has 0 amide bonds. The van der Waals surface area contributed by atoms with Crippen molar-refractivity contribution in [3.05, 3.63) is 34.9 Å². The lowest BCUT2D eigenvalue weighted by Crippen LogP contribution is -2.39. The summed E-state index contributed by atoms with van der Waals surface area (Å²) in [6.07, 6.45) is 5.29. The van der Waals surface area contributed by atoms with E-state index < -0.39 is 0 Å². The van der Waals surface area contributed by atoms with Crippen molar-refractivity contribution in [1.82, 2.24) is 4.90 Å². The molecule has 0 aromatic heterocycles. The van der Waals surface area contributed by atoms with E-state index in [1.807, 2.05) is 0 Å². The Kier molecular flexibility index (Phi) is 4.79. The quantitative estimate of drug-likeness (QED) is 0.888. The van der Waals surface area contributed by atoms with E-state index in [9.17, 15) is 0 Å². The van der Waals surface area contributed by atoms with Gasteiger partial charge in [-0.15, -0.1) is 0 Å². The van der Waals surface area contributed by atoms with E-state index in [1.165, 1.54) is 48.9 Å². The van der Waals surface area contributed by atoms with Gasteiger partial charge in [0.05, 0.1) is 0 Å². The monoisotopic (exact) mass is 246 g/mol. The maximum Gasteiger partial charge on any atom is 0.0242 e. The lowest BCUT2D eigenvalue weighted by molar-refractivity contribution is 0.195. The second-order valence-corrected chi connectivity index (χ2v) is 5.58. The van der Waals surface area contributed by atoms with Crippen LogP contribution in [0.3, 0.4) is 0 Å². The van der Waals surface area contributed by atoms with E-state index in [0.717, 1.165) is 13.1 Å². The maximum absolute atomic E-state index is 5.95. The summed E-state index contributed by atoms with van der Waals surface area (Å²) in [5, 5.41) is 0. The molecule has 0 aliphatic carbocycles. The summed E-state index contributed by atoms with van der Waals surface area (Å²) in [4.78, 5) is 2.60. The van der Waals surface area contributed by atoms with Crippen LogP contribution in [0.2, 0.25) is 0 Å². The molecule has 1 aliphatic rings. The first-order chi connectivity index (χ1) is 8.72. The van der Waals surface area contributed by atoms with Gasteiger partial charge in [-0.05, 0) is 49.9 Å². The fourth-order valence-electron chi connectivity index (χ4n) is 3.01. The molecule has 1 fully saturated rings. The van der Waals surface area contributed by atoms with Gasteiger partial charge < -0.3 is 5.73 Å². The van der Waals surface area contributed by atoms with Gasteiger partial charge in [-0.2, -0.15) is 0 Å². The zero-order chi connectivity index (χ0) is 13.0. The molecular weight excluding hydrogens is 220 g/mol. The second kappa shape index (κ2) is 6.35. The first kappa shape index (κ1) is 13.6. The van der Waals surface area contributed by atoms with Crippen molar-refractivity contribution in [2.45, 2.75) is 52.1 Å². The molecule has 0 bridgehead atoms. The van der Waals surface area contributed by atoms with Crippen LogP contribution >= 0.6 is 0 Å². The lowest BCUT2D eigenvalue weighted by atomic mass is 10.0. The van der Waals surface area contributed by atoms with E-state index in [0.29, 0.717) is 6.04 Å². The summed E-state index contributed by atoms with van der Waals surface area (Å²) in [5.41, 5.74) is 10.3. The van der Waals surface area contributed by atoms with Gasteiger partial charge >= 0.3 is 0 Å². The first-order valence-electron chi connectivity index (χ1n) is 7.21.